The minimum absolute atomic E-state index is 0.149. The first-order valence-corrected chi connectivity index (χ1v) is 10.9. The van der Waals surface area contributed by atoms with Crippen LogP contribution in [-0.4, -0.2) is 69.8 Å². The molecule has 1 aliphatic heterocycles. The SMILES string of the molecule is COc1ccc(OCCN2CCN(S(=O)(=O)c3cccc(C(C)=O)c3)CC2)cc1. The topological polar surface area (TPSA) is 76.2 Å². The molecule has 29 heavy (non-hydrogen) atoms. The fourth-order valence-electron chi connectivity index (χ4n) is 3.18. The lowest BCUT2D eigenvalue weighted by Gasteiger charge is -2.33. The highest BCUT2D eigenvalue weighted by atomic mass is 32.2. The average Bonchev–Trinajstić information content (AvgIpc) is 2.74. The molecule has 2 aromatic rings. The quantitative estimate of drug-likeness (QED) is 0.612. The standard InChI is InChI=1S/C21H26N2O5S/c1-17(24)18-4-3-5-21(16-18)29(25,26)23-12-10-22(11-13-23)14-15-28-20-8-6-19(27-2)7-9-20/h3-9,16H,10-15H2,1-2H3. The Morgan fingerprint density at radius 2 is 1.66 bits per heavy atom. The molecule has 1 heterocycles. The van der Waals surface area contributed by atoms with Crippen molar-refractivity contribution in [1.29, 1.82) is 0 Å². The van der Waals surface area contributed by atoms with Crippen LogP contribution in [0.4, 0.5) is 0 Å². The normalized spacial score (nSPS) is 15.8. The van der Waals surface area contributed by atoms with Gasteiger partial charge < -0.3 is 9.47 Å². The van der Waals surface area contributed by atoms with Crippen LogP contribution in [-0.2, 0) is 10.0 Å². The molecule has 1 aliphatic rings. The van der Waals surface area contributed by atoms with Crippen molar-refractivity contribution in [2.24, 2.45) is 0 Å². The summed E-state index contributed by atoms with van der Waals surface area (Å²) < 4.78 is 38.1. The molecule has 0 N–H and O–H groups in total. The van der Waals surface area contributed by atoms with Crippen LogP contribution in [0.15, 0.2) is 53.4 Å². The fourth-order valence-corrected chi connectivity index (χ4v) is 4.65. The number of carbonyl (C=O) groups is 1. The summed E-state index contributed by atoms with van der Waals surface area (Å²) in [5.41, 5.74) is 0.403. The molecule has 3 rings (SSSR count). The zero-order valence-corrected chi connectivity index (χ0v) is 17.5. The number of hydrogen-bond acceptors (Lipinski definition) is 6. The van der Waals surface area contributed by atoms with E-state index in [2.05, 4.69) is 4.90 Å². The maximum atomic E-state index is 12.9. The van der Waals surface area contributed by atoms with Crippen LogP contribution in [0, 0.1) is 0 Å². The molecule has 7 nitrogen and oxygen atoms in total. The van der Waals surface area contributed by atoms with Crippen molar-refractivity contribution >= 4 is 15.8 Å². The van der Waals surface area contributed by atoms with E-state index in [0.717, 1.165) is 18.0 Å². The highest BCUT2D eigenvalue weighted by molar-refractivity contribution is 7.89. The second kappa shape index (κ2) is 9.39. The summed E-state index contributed by atoms with van der Waals surface area (Å²) in [5, 5.41) is 0. The molecular formula is C21H26N2O5S. The number of hydrogen-bond donors (Lipinski definition) is 0. The van der Waals surface area contributed by atoms with Gasteiger partial charge in [0.15, 0.2) is 5.78 Å². The molecule has 0 aliphatic carbocycles. The van der Waals surface area contributed by atoms with Crippen molar-refractivity contribution in [2.45, 2.75) is 11.8 Å². The Hall–Kier alpha value is -2.42. The molecule has 2 aromatic carbocycles. The number of carbonyl (C=O) groups excluding carboxylic acids is 1. The number of benzene rings is 2. The molecule has 8 heteroatoms. The van der Waals surface area contributed by atoms with Gasteiger partial charge in [0.2, 0.25) is 10.0 Å². The lowest BCUT2D eigenvalue weighted by atomic mass is 10.2. The van der Waals surface area contributed by atoms with Gasteiger partial charge in [0.1, 0.15) is 18.1 Å². The van der Waals surface area contributed by atoms with E-state index in [0.29, 0.717) is 38.3 Å². The Balaban J connectivity index is 1.50. The van der Waals surface area contributed by atoms with Gasteiger partial charge in [-0.25, -0.2) is 8.42 Å². The van der Waals surface area contributed by atoms with Crippen molar-refractivity contribution in [3.8, 4) is 11.5 Å². The van der Waals surface area contributed by atoms with Crippen LogP contribution < -0.4 is 9.47 Å². The third-order valence-electron chi connectivity index (χ3n) is 4.95. The molecule has 1 saturated heterocycles. The van der Waals surface area contributed by atoms with E-state index in [1.807, 2.05) is 24.3 Å². The predicted octanol–water partition coefficient (Wildman–Crippen LogP) is 2.28. The largest absolute Gasteiger partial charge is 0.497 e. The number of ether oxygens (including phenoxy) is 2. The first-order valence-electron chi connectivity index (χ1n) is 9.50. The van der Waals surface area contributed by atoms with Gasteiger partial charge in [0.25, 0.3) is 0 Å². The summed E-state index contributed by atoms with van der Waals surface area (Å²) in [6, 6.07) is 13.6. The molecule has 0 amide bonds. The fraction of sp³-hybridized carbons (Fsp3) is 0.381. The first kappa shape index (κ1) is 21.3. The maximum Gasteiger partial charge on any atom is 0.243 e. The second-order valence-electron chi connectivity index (χ2n) is 6.85. The van der Waals surface area contributed by atoms with E-state index in [-0.39, 0.29) is 10.7 Å². The molecule has 0 saturated carbocycles. The van der Waals surface area contributed by atoms with Crippen molar-refractivity contribution < 1.29 is 22.7 Å². The smallest absolute Gasteiger partial charge is 0.243 e. The summed E-state index contributed by atoms with van der Waals surface area (Å²) in [5.74, 6) is 1.41. The molecule has 0 unspecified atom stereocenters. The summed E-state index contributed by atoms with van der Waals surface area (Å²) in [6.45, 7) is 4.78. The van der Waals surface area contributed by atoms with Crippen LogP contribution >= 0.6 is 0 Å². The van der Waals surface area contributed by atoms with Crippen LogP contribution in [0.3, 0.4) is 0 Å². The first-order chi connectivity index (χ1) is 13.9. The van der Waals surface area contributed by atoms with Gasteiger partial charge in [-0.15, -0.1) is 0 Å². The van der Waals surface area contributed by atoms with Crippen LogP contribution in [0.25, 0.3) is 0 Å². The third-order valence-corrected chi connectivity index (χ3v) is 6.84. The van der Waals surface area contributed by atoms with Crippen LogP contribution in [0.2, 0.25) is 0 Å². The van der Waals surface area contributed by atoms with Gasteiger partial charge >= 0.3 is 0 Å². The van der Waals surface area contributed by atoms with E-state index < -0.39 is 10.0 Å². The average molecular weight is 419 g/mol. The van der Waals surface area contributed by atoms with Crippen LogP contribution in [0.5, 0.6) is 11.5 Å². The molecule has 0 spiro atoms. The Labute approximate surface area is 171 Å². The number of sulfonamides is 1. The maximum absolute atomic E-state index is 12.9. The van der Waals surface area contributed by atoms with Gasteiger partial charge in [-0.1, -0.05) is 12.1 Å². The Bertz CT molecular complexity index is 936. The second-order valence-corrected chi connectivity index (χ2v) is 8.79. The minimum Gasteiger partial charge on any atom is -0.497 e. The Kier molecular flexibility index (Phi) is 6.89. The van der Waals surface area contributed by atoms with E-state index in [1.54, 1.807) is 19.2 Å². The zero-order chi connectivity index (χ0) is 20.9. The molecular weight excluding hydrogens is 392 g/mol. The van der Waals surface area contributed by atoms with Crippen molar-refractivity contribution in [3.63, 3.8) is 0 Å². The van der Waals surface area contributed by atoms with Crippen molar-refractivity contribution in [2.75, 3.05) is 46.4 Å². The van der Waals surface area contributed by atoms with Gasteiger partial charge in [-0.2, -0.15) is 4.31 Å². The summed E-state index contributed by atoms with van der Waals surface area (Å²) in [4.78, 5) is 13.9. The highest BCUT2D eigenvalue weighted by Crippen LogP contribution is 2.20. The lowest BCUT2D eigenvalue weighted by Crippen LogP contribution is -2.49. The van der Waals surface area contributed by atoms with Gasteiger partial charge in [0.05, 0.1) is 12.0 Å². The monoisotopic (exact) mass is 418 g/mol. The molecule has 156 valence electrons. The predicted molar refractivity (Wildman–Crippen MR) is 110 cm³/mol. The van der Waals surface area contributed by atoms with E-state index in [4.69, 9.17) is 9.47 Å². The minimum atomic E-state index is -3.60. The summed E-state index contributed by atoms with van der Waals surface area (Å²) >= 11 is 0. The lowest BCUT2D eigenvalue weighted by molar-refractivity contribution is 0.101. The van der Waals surface area contributed by atoms with E-state index >= 15 is 0 Å². The van der Waals surface area contributed by atoms with Crippen LogP contribution in [0.1, 0.15) is 17.3 Å². The van der Waals surface area contributed by atoms with Gasteiger partial charge in [-0.3, -0.25) is 9.69 Å². The third kappa shape index (κ3) is 5.35. The number of ketones is 1. The highest BCUT2D eigenvalue weighted by Gasteiger charge is 2.28. The zero-order valence-electron chi connectivity index (χ0n) is 16.7. The molecule has 0 radical (unpaired) electrons. The number of nitrogens with zero attached hydrogens (tertiary/aromatic N) is 2. The molecule has 1 fully saturated rings. The number of piperazine rings is 1. The number of rotatable bonds is 8. The van der Waals surface area contributed by atoms with Gasteiger partial charge in [0, 0.05) is 38.3 Å². The Morgan fingerprint density at radius 1 is 1.00 bits per heavy atom. The Morgan fingerprint density at radius 3 is 2.28 bits per heavy atom. The van der Waals surface area contributed by atoms with E-state index in [1.165, 1.54) is 23.4 Å². The molecule has 0 atom stereocenters. The van der Waals surface area contributed by atoms with Crippen molar-refractivity contribution in [1.82, 2.24) is 9.21 Å². The summed E-state index contributed by atoms with van der Waals surface area (Å²) in [7, 11) is -1.98. The molecule has 0 bridgehead atoms. The summed E-state index contributed by atoms with van der Waals surface area (Å²) in [6.07, 6.45) is 0. The van der Waals surface area contributed by atoms with Gasteiger partial charge in [-0.05, 0) is 43.3 Å². The number of Topliss-reactive ketones (excluding diaryl/α,β-unsaturated/α-hetero) is 1. The van der Waals surface area contributed by atoms with E-state index in [9.17, 15) is 13.2 Å². The van der Waals surface area contributed by atoms with Crippen molar-refractivity contribution in [3.05, 3.63) is 54.1 Å². The molecule has 0 aromatic heterocycles. The number of methoxy groups -OCH3 is 1.